The summed E-state index contributed by atoms with van der Waals surface area (Å²) in [6.07, 6.45) is 5.60. The molecule has 0 saturated heterocycles. The molecule has 3 rings (SSSR count). The van der Waals surface area contributed by atoms with Gasteiger partial charge in [0.15, 0.2) is 0 Å². The van der Waals surface area contributed by atoms with E-state index in [-0.39, 0.29) is 6.61 Å². The minimum Gasteiger partial charge on any atom is -0.390 e. The Balaban J connectivity index is 2.23. The van der Waals surface area contributed by atoms with E-state index >= 15 is 0 Å². The van der Waals surface area contributed by atoms with Crippen molar-refractivity contribution < 1.29 is 5.11 Å². The van der Waals surface area contributed by atoms with Crippen molar-refractivity contribution in [3.05, 3.63) is 53.6 Å². The van der Waals surface area contributed by atoms with Crippen LogP contribution in [-0.2, 0) is 19.4 Å². The summed E-state index contributed by atoms with van der Waals surface area (Å²) < 4.78 is 2.08. The van der Waals surface area contributed by atoms with Crippen molar-refractivity contribution in [1.29, 1.82) is 0 Å². The van der Waals surface area contributed by atoms with Gasteiger partial charge in [0.25, 0.3) is 0 Å². The molecule has 0 amide bonds. The van der Waals surface area contributed by atoms with Gasteiger partial charge in [0.2, 0.25) is 0 Å². The van der Waals surface area contributed by atoms with E-state index in [2.05, 4.69) is 28.3 Å². The number of nitrogens with zero attached hydrogens (tertiary/aromatic N) is 2. The molecule has 17 heavy (non-hydrogen) atoms. The van der Waals surface area contributed by atoms with Crippen LogP contribution in [0.2, 0.25) is 0 Å². The molecule has 0 radical (unpaired) electrons. The Hall–Kier alpha value is -1.87. The van der Waals surface area contributed by atoms with E-state index in [1.54, 1.807) is 6.33 Å². The van der Waals surface area contributed by atoms with Crippen molar-refractivity contribution in [1.82, 2.24) is 9.55 Å². The largest absolute Gasteiger partial charge is 0.390 e. The molecule has 0 unspecified atom stereocenters. The van der Waals surface area contributed by atoms with Gasteiger partial charge < -0.3 is 9.67 Å². The summed E-state index contributed by atoms with van der Waals surface area (Å²) >= 11 is 0. The maximum absolute atomic E-state index is 9.24. The van der Waals surface area contributed by atoms with E-state index in [9.17, 15) is 5.11 Å². The number of aromatic nitrogens is 2. The van der Waals surface area contributed by atoms with E-state index in [1.165, 1.54) is 11.1 Å². The molecule has 0 fully saturated rings. The summed E-state index contributed by atoms with van der Waals surface area (Å²) in [7, 11) is 0. The van der Waals surface area contributed by atoms with Crippen LogP contribution in [0, 0.1) is 0 Å². The summed E-state index contributed by atoms with van der Waals surface area (Å²) in [6.45, 7) is 3.86. The SMILES string of the molecule is C=Cc1cccc2c1CCc1c(CO)ncn1-2. The molecular formula is C14H14N2O. The van der Waals surface area contributed by atoms with Crippen LogP contribution < -0.4 is 0 Å². The second kappa shape index (κ2) is 3.86. The predicted octanol–water partition coefficient (Wildman–Crippen LogP) is 2.11. The van der Waals surface area contributed by atoms with Gasteiger partial charge in [-0.05, 0) is 30.0 Å². The zero-order valence-corrected chi connectivity index (χ0v) is 9.56. The maximum atomic E-state index is 9.24. The van der Waals surface area contributed by atoms with E-state index in [0.29, 0.717) is 0 Å². The molecule has 1 aliphatic rings. The Labute approximate surface area is 100 Å². The lowest BCUT2D eigenvalue weighted by Crippen LogP contribution is -2.13. The van der Waals surface area contributed by atoms with Crippen LogP contribution in [0.5, 0.6) is 0 Å². The smallest absolute Gasteiger partial charge is 0.0998 e. The Morgan fingerprint density at radius 2 is 2.29 bits per heavy atom. The third-order valence-electron chi connectivity index (χ3n) is 3.38. The Bertz CT molecular complexity index is 584. The van der Waals surface area contributed by atoms with E-state index in [4.69, 9.17) is 0 Å². The standard InChI is InChI=1S/C14H14N2O/c1-2-10-4-3-5-13-11(10)6-7-14-12(8-17)15-9-16(13)14/h2-5,9,17H,1,6-8H2. The molecule has 1 aromatic carbocycles. The quantitative estimate of drug-likeness (QED) is 0.851. The topological polar surface area (TPSA) is 38.1 Å². The van der Waals surface area contributed by atoms with E-state index in [0.717, 1.165) is 29.9 Å². The number of aliphatic hydroxyl groups is 1. The fourth-order valence-electron chi connectivity index (χ4n) is 2.54. The number of hydrogen-bond acceptors (Lipinski definition) is 2. The molecule has 1 aromatic heterocycles. The van der Waals surface area contributed by atoms with Crippen LogP contribution in [0.4, 0.5) is 0 Å². The zero-order chi connectivity index (χ0) is 11.8. The molecular weight excluding hydrogens is 212 g/mol. The fourth-order valence-corrected chi connectivity index (χ4v) is 2.54. The lowest BCUT2D eigenvalue weighted by atomic mass is 9.96. The van der Waals surface area contributed by atoms with Crippen LogP contribution in [0.1, 0.15) is 22.5 Å². The van der Waals surface area contributed by atoms with Gasteiger partial charge >= 0.3 is 0 Å². The molecule has 2 heterocycles. The van der Waals surface area contributed by atoms with Gasteiger partial charge in [-0.3, -0.25) is 0 Å². The van der Waals surface area contributed by atoms with Crippen LogP contribution in [-0.4, -0.2) is 14.7 Å². The zero-order valence-electron chi connectivity index (χ0n) is 9.56. The first-order chi connectivity index (χ1) is 8.35. The maximum Gasteiger partial charge on any atom is 0.0998 e. The molecule has 1 aliphatic heterocycles. The average molecular weight is 226 g/mol. The predicted molar refractivity (Wildman–Crippen MR) is 67.0 cm³/mol. The van der Waals surface area contributed by atoms with Crippen molar-refractivity contribution in [3.8, 4) is 5.69 Å². The van der Waals surface area contributed by atoms with Gasteiger partial charge in [0.1, 0.15) is 0 Å². The number of aliphatic hydroxyl groups excluding tert-OH is 1. The number of rotatable bonds is 2. The van der Waals surface area contributed by atoms with Gasteiger partial charge in [-0.15, -0.1) is 0 Å². The molecule has 0 aliphatic carbocycles. The minimum absolute atomic E-state index is 0.0127. The molecule has 3 heteroatoms. The summed E-state index contributed by atoms with van der Waals surface area (Å²) in [4.78, 5) is 4.26. The van der Waals surface area contributed by atoms with Crippen molar-refractivity contribution in [2.24, 2.45) is 0 Å². The van der Waals surface area contributed by atoms with Gasteiger partial charge in [0.05, 0.1) is 24.3 Å². The van der Waals surface area contributed by atoms with Gasteiger partial charge in [-0.25, -0.2) is 4.98 Å². The van der Waals surface area contributed by atoms with Crippen molar-refractivity contribution in [2.75, 3.05) is 0 Å². The second-order valence-corrected chi connectivity index (χ2v) is 4.22. The van der Waals surface area contributed by atoms with Crippen LogP contribution >= 0.6 is 0 Å². The second-order valence-electron chi connectivity index (χ2n) is 4.22. The fraction of sp³-hybridized carbons (Fsp3) is 0.214. The molecule has 0 saturated carbocycles. The first kappa shape index (κ1) is 10.3. The van der Waals surface area contributed by atoms with Crippen LogP contribution in [0.3, 0.4) is 0 Å². The first-order valence-corrected chi connectivity index (χ1v) is 5.76. The third kappa shape index (κ3) is 1.43. The summed E-state index contributed by atoms with van der Waals surface area (Å²) in [6, 6.07) is 6.21. The highest BCUT2D eigenvalue weighted by Gasteiger charge is 2.20. The highest BCUT2D eigenvalue weighted by molar-refractivity contribution is 5.60. The Morgan fingerprint density at radius 1 is 1.41 bits per heavy atom. The average Bonchev–Trinajstić information content (AvgIpc) is 2.81. The van der Waals surface area contributed by atoms with Crippen molar-refractivity contribution in [2.45, 2.75) is 19.4 Å². The molecule has 2 aromatic rings. The molecule has 0 spiro atoms. The number of benzene rings is 1. The molecule has 3 nitrogen and oxygen atoms in total. The molecule has 0 atom stereocenters. The number of hydrogen-bond donors (Lipinski definition) is 1. The van der Waals surface area contributed by atoms with E-state index in [1.807, 2.05) is 12.1 Å². The normalized spacial score (nSPS) is 13.0. The summed E-state index contributed by atoms with van der Waals surface area (Å²) in [5.41, 5.74) is 5.58. The lowest BCUT2D eigenvalue weighted by molar-refractivity contribution is 0.276. The molecule has 1 N–H and O–H groups in total. The minimum atomic E-state index is 0.0127. The van der Waals surface area contributed by atoms with Crippen molar-refractivity contribution >= 4 is 6.08 Å². The Morgan fingerprint density at radius 3 is 3.06 bits per heavy atom. The third-order valence-corrected chi connectivity index (χ3v) is 3.38. The van der Waals surface area contributed by atoms with E-state index < -0.39 is 0 Å². The highest BCUT2D eigenvalue weighted by Crippen LogP contribution is 2.29. The van der Waals surface area contributed by atoms with Crippen LogP contribution in [0.15, 0.2) is 31.1 Å². The summed E-state index contributed by atoms with van der Waals surface area (Å²) in [5, 5.41) is 9.24. The molecule has 86 valence electrons. The number of fused-ring (bicyclic) bond motifs is 3. The van der Waals surface area contributed by atoms with Gasteiger partial charge in [-0.1, -0.05) is 24.8 Å². The monoisotopic (exact) mass is 226 g/mol. The lowest BCUT2D eigenvalue weighted by Gasteiger charge is -2.21. The first-order valence-electron chi connectivity index (χ1n) is 5.76. The molecule has 0 bridgehead atoms. The van der Waals surface area contributed by atoms with Gasteiger partial charge in [0, 0.05) is 5.69 Å². The Kier molecular flexibility index (Phi) is 2.34. The van der Waals surface area contributed by atoms with Crippen molar-refractivity contribution in [3.63, 3.8) is 0 Å². The number of imidazole rings is 1. The van der Waals surface area contributed by atoms with Gasteiger partial charge in [-0.2, -0.15) is 0 Å². The van der Waals surface area contributed by atoms with Crippen LogP contribution in [0.25, 0.3) is 11.8 Å². The summed E-state index contributed by atoms with van der Waals surface area (Å²) in [5.74, 6) is 0. The highest BCUT2D eigenvalue weighted by atomic mass is 16.3.